The summed E-state index contributed by atoms with van der Waals surface area (Å²) in [5.74, 6) is 0. The molecule has 0 heterocycles. The molecule has 5 nitrogen and oxygen atoms in total. The van der Waals surface area contributed by atoms with Crippen molar-refractivity contribution in [2.24, 2.45) is 0 Å². The van der Waals surface area contributed by atoms with E-state index in [1.54, 1.807) is 13.8 Å². The molecule has 6 heteroatoms. The number of aldehydes is 3. The van der Waals surface area contributed by atoms with Gasteiger partial charge in [-0.15, -0.1) is 0 Å². The summed E-state index contributed by atoms with van der Waals surface area (Å²) < 4.78 is 0. The maximum absolute atomic E-state index is 9.89. The summed E-state index contributed by atoms with van der Waals surface area (Å²) >= 11 is 0. The number of nitrogens with zero attached hydrogens (tertiary/aromatic N) is 1. The number of aliphatic hydroxyl groups excluding tert-OH is 1. The third kappa shape index (κ3) is 24.8. The maximum Gasteiger partial charge on any atom is 0.134 e. The molecule has 0 rings (SSSR count). The van der Waals surface area contributed by atoms with E-state index in [0.29, 0.717) is 18.9 Å². The molecule has 1 N–H and O–H groups in total. The second kappa shape index (κ2) is 16.1. The average Bonchev–Trinajstić information content (AvgIpc) is 2.04. The fraction of sp³-hybridized carbons (Fsp3) is 0.667. The second-order valence-corrected chi connectivity index (χ2v) is 2.81. The number of carbonyl (C=O) groups is 3. The minimum atomic E-state index is -0.167. The third-order valence-electron chi connectivity index (χ3n) is 0.998. The Hall–Kier alpha value is -0.356. The topological polar surface area (TPSA) is 74.7 Å². The molecule has 0 amide bonds. The van der Waals surface area contributed by atoms with E-state index in [2.05, 4.69) is 0 Å². The molecular formula is C9H17NO4Ti. The Kier molecular flexibility index (Phi) is 21.6. The summed E-state index contributed by atoms with van der Waals surface area (Å²) in [5.41, 5.74) is 0. The van der Waals surface area contributed by atoms with E-state index < -0.39 is 0 Å². The molecule has 0 spiro atoms. The van der Waals surface area contributed by atoms with E-state index >= 15 is 0 Å². The third-order valence-corrected chi connectivity index (χ3v) is 0.998. The summed E-state index contributed by atoms with van der Waals surface area (Å²) in [6.07, 6.45) is 1.81. The van der Waals surface area contributed by atoms with Crippen molar-refractivity contribution >= 4 is 18.9 Å². The van der Waals surface area contributed by atoms with Crippen LogP contribution in [0.15, 0.2) is 0 Å². The predicted octanol–water partition coefficient (Wildman–Crippen LogP) is -0.730. The van der Waals surface area contributed by atoms with Crippen molar-refractivity contribution in [2.45, 2.75) is 20.0 Å². The Balaban J connectivity index is -0.000000249. The van der Waals surface area contributed by atoms with E-state index in [0.717, 1.165) is 0 Å². The SMILES string of the molecule is CC(C)O.O=CCN(CC=O)CC=O.[Ti]. The number of hydrogen-bond donors (Lipinski definition) is 1. The minimum Gasteiger partial charge on any atom is -0.394 e. The first-order valence-electron chi connectivity index (χ1n) is 4.29. The molecule has 0 aromatic heterocycles. The average molecular weight is 251 g/mol. The summed E-state index contributed by atoms with van der Waals surface area (Å²) in [4.78, 5) is 31.1. The zero-order valence-corrected chi connectivity index (χ0v) is 10.6. The van der Waals surface area contributed by atoms with E-state index in [4.69, 9.17) is 5.11 Å². The largest absolute Gasteiger partial charge is 0.394 e. The van der Waals surface area contributed by atoms with Crippen LogP contribution in [0.25, 0.3) is 0 Å². The molecule has 0 aromatic rings. The zero-order valence-electron chi connectivity index (χ0n) is 9.05. The summed E-state index contributed by atoms with van der Waals surface area (Å²) in [6.45, 7) is 3.85. The fourth-order valence-corrected chi connectivity index (χ4v) is 0.540. The molecular weight excluding hydrogens is 234 g/mol. The van der Waals surface area contributed by atoms with E-state index in [1.807, 2.05) is 0 Å². The van der Waals surface area contributed by atoms with Gasteiger partial charge in [0, 0.05) is 27.8 Å². The van der Waals surface area contributed by atoms with Crippen molar-refractivity contribution in [3.05, 3.63) is 0 Å². The van der Waals surface area contributed by atoms with Gasteiger partial charge in [0.25, 0.3) is 0 Å². The number of rotatable bonds is 6. The van der Waals surface area contributed by atoms with E-state index in [-0.39, 0.29) is 47.5 Å². The van der Waals surface area contributed by atoms with Crippen LogP contribution in [0.4, 0.5) is 0 Å². The molecule has 0 aliphatic rings. The van der Waals surface area contributed by atoms with Crippen molar-refractivity contribution in [2.75, 3.05) is 19.6 Å². The van der Waals surface area contributed by atoms with E-state index in [9.17, 15) is 14.4 Å². The molecule has 0 fully saturated rings. The van der Waals surface area contributed by atoms with Crippen molar-refractivity contribution in [3.63, 3.8) is 0 Å². The fourth-order valence-electron chi connectivity index (χ4n) is 0.540. The Morgan fingerprint density at radius 3 is 1.33 bits per heavy atom. The van der Waals surface area contributed by atoms with Gasteiger partial charge in [-0.25, -0.2) is 0 Å². The Bertz CT molecular complexity index is 138. The van der Waals surface area contributed by atoms with Gasteiger partial charge in [-0.2, -0.15) is 0 Å². The van der Waals surface area contributed by atoms with Gasteiger partial charge in [0.2, 0.25) is 0 Å². The second-order valence-electron chi connectivity index (χ2n) is 2.81. The molecule has 0 unspecified atom stereocenters. The molecule has 0 atom stereocenters. The summed E-state index contributed by atoms with van der Waals surface area (Å²) in [6, 6.07) is 0. The molecule has 0 saturated carbocycles. The van der Waals surface area contributed by atoms with Crippen LogP contribution >= 0.6 is 0 Å². The zero-order chi connectivity index (χ0) is 11.4. The summed E-state index contributed by atoms with van der Waals surface area (Å²) in [7, 11) is 0. The van der Waals surface area contributed by atoms with Crippen LogP contribution in [-0.4, -0.2) is 54.6 Å². The van der Waals surface area contributed by atoms with Gasteiger partial charge < -0.3 is 19.5 Å². The Morgan fingerprint density at radius 2 is 1.20 bits per heavy atom. The van der Waals surface area contributed by atoms with Gasteiger partial charge in [-0.3, -0.25) is 4.90 Å². The van der Waals surface area contributed by atoms with Crippen LogP contribution in [0.1, 0.15) is 13.8 Å². The smallest absolute Gasteiger partial charge is 0.134 e. The van der Waals surface area contributed by atoms with Crippen LogP contribution in [-0.2, 0) is 36.1 Å². The van der Waals surface area contributed by atoms with Gasteiger partial charge in [0.15, 0.2) is 0 Å². The van der Waals surface area contributed by atoms with E-state index in [1.165, 1.54) is 4.90 Å². The number of hydrogen-bond acceptors (Lipinski definition) is 5. The van der Waals surface area contributed by atoms with Crippen LogP contribution in [0.2, 0.25) is 0 Å². The standard InChI is InChI=1S/C6H9NO3.C3H8O.Ti/c8-4-1-7(2-5-9)3-6-10;1-3(2)4;/h4-6H,1-3H2;3-4H,1-2H3;. The van der Waals surface area contributed by atoms with Crippen LogP contribution in [0.5, 0.6) is 0 Å². The van der Waals surface area contributed by atoms with Crippen LogP contribution in [0.3, 0.4) is 0 Å². The van der Waals surface area contributed by atoms with Gasteiger partial charge in [-0.05, 0) is 13.8 Å². The van der Waals surface area contributed by atoms with Gasteiger partial charge in [0.1, 0.15) is 18.9 Å². The molecule has 0 aliphatic carbocycles. The molecule has 0 aromatic carbocycles. The van der Waals surface area contributed by atoms with Gasteiger partial charge in [0.05, 0.1) is 19.6 Å². The Labute approximate surface area is 105 Å². The molecule has 0 radical (unpaired) electrons. The normalized spacial score (nSPS) is 8.60. The molecule has 0 saturated heterocycles. The van der Waals surface area contributed by atoms with Crippen molar-refractivity contribution in [3.8, 4) is 0 Å². The van der Waals surface area contributed by atoms with Crippen molar-refractivity contribution < 1.29 is 41.2 Å². The Morgan fingerprint density at radius 1 is 1.00 bits per heavy atom. The summed E-state index contributed by atoms with van der Waals surface area (Å²) in [5, 5.41) is 8.06. The minimum absolute atomic E-state index is 0. The van der Waals surface area contributed by atoms with Gasteiger partial charge >= 0.3 is 0 Å². The molecule has 15 heavy (non-hydrogen) atoms. The first-order valence-corrected chi connectivity index (χ1v) is 4.29. The monoisotopic (exact) mass is 251 g/mol. The number of carbonyl (C=O) groups excluding carboxylic acids is 3. The van der Waals surface area contributed by atoms with Gasteiger partial charge in [-0.1, -0.05) is 0 Å². The van der Waals surface area contributed by atoms with Crippen LogP contribution < -0.4 is 0 Å². The van der Waals surface area contributed by atoms with Crippen molar-refractivity contribution in [1.29, 1.82) is 0 Å². The molecule has 0 aliphatic heterocycles. The van der Waals surface area contributed by atoms with Crippen molar-refractivity contribution in [1.82, 2.24) is 4.90 Å². The first kappa shape index (κ1) is 20.1. The van der Waals surface area contributed by atoms with Crippen LogP contribution in [0, 0.1) is 0 Å². The number of aliphatic hydroxyl groups is 1. The quantitative estimate of drug-likeness (QED) is 0.497. The molecule has 0 bridgehead atoms. The maximum atomic E-state index is 9.89. The first-order chi connectivity index (χ1) is 6.58. The molecule has 86 valence electrons. The predicted molar refractivity (Wildman–Crippen MR) is 52.0 cm³/mol.